The summed E-state index contributed by atoms with van der Waals surface area (Å²) < 4.78 is 19.0. The molecule has 0 bridgehead atoms. The minimum Gasteiger partial charge on any atom is -0.489 e. The van der Waals surface area contributed by atoms with Crippen LogP contribution in [0, 0.1) is 24.1 Å². The lowest BCUT2D eigenvalue weighted by molar-refractivity contribution is 0.286. The second kappa shape index (κ2) is 4.86. The number of rotatable bonds is 1. The number of ether oxygens (including phenoxy) is 1. The molecule has 0 saturated heterocycles. The van der Waals surface area contributed by atoms with Gasteiger partial charge < -0.3 is 10.1 Å². The molecule has 1 aliphatic heterocycles. The van der Waals surface area contributed by atoms with Crippen molar-refractivity contribution in [1.29, 1.82) is 5.26 Å². The van der Waals surface area contributed by atoms with E-state index in [1.54, 1.807) is 31.2 Å². The fourth-order valence-electron chi connectivity index (χ4n) is 2.30. The Hall–Kier alpha value is -2.54. The van der Waals surface area contributed by atoms with Crippen LogP contribution in [0.25, 0.3) is 0 Å². The molecule has 0 spiro atoms. The molecule has 3 nitrogen and oxygen atoms in total. The monoisotopic (exact) mass is 268 g/mol. The van der Waals surface area contributed by atoms with Crippen LogP contribution in [-0.4, -0.2) is 6.61 Å². The zero-order valence-corrected chi connectivity index (χ0v) is 11.0. The molecule has 2 aromatic rings. The zero-order valence-electron chi connectivity index (χ0n) is 11.0. The van der Waals surface area contributed by atoms with Crippen molar-refractivity contribution in [2.24, 2.45) is 0 Å². The number of nitriles is 1. The van der Waals surface area contributed by atoms with Gasteiger partial charge in [0.05, 0.1) is 23.4 Å². The highest BCUT2D eigenvalue weighted by Gasteiger charge is 2.21. The Morgan fingerprint density at radius 1 is 1.30 bits per heavy atom. The average Bonchev–Trinajstić information content (AvgIpc) is 2.49. The number of hydrogen-bond donors (Lipinski definition) is 1. The standard InChI is InChI=1S/C16H13FN2O/c1-10-6-12(3-4-13(10)17)15-9-20-16-5-2-11(8-18)7-14(16)19-15/h2-7,15,19H,9H2,1H3. The van der Waals surface area contributed by atoms with E-state index in [2.05, 4.69) is 11.4 Å². The Morgan fingerprint density at radius 3 is 2.90 bits per heavy atom. The van der Waals surface area contributed by atoms with Crippen molar-refractivity contribution in [3.63, 3.8) is 0 Å². The van der Waals surface area contributed by atoms with Crippen molar-refractivity contribution in [3.05, 3.63) is 58.9 Å². The van der Waals surface area contributed by atoms with E-state index in [4.69, 9.17) is 10.00 Å². The Kier molecular flexibility index (Phi) is 3.03. The molecule has 2 aromatic carbocycles. The maximum atomic E-state index is 13.3. The first-order valence-electron chi connectivity index (χ1n) is 6.37. The van der Waals surface area contributed by atoms with Gasteiger partial charge in [0.25, 0.3) is 0 Å². The summed E-state index contributed by atoms with van der Waals surface area (Å²) in [7, 11) is 0. The van der Waals surface area contributed by atoms with Crippen molar-refractivity contribution in [2.75, 3.05) is 11.9 Å². The molecule has 1 aliphatic rings. The van der Waals surface area contributed by atoms with Gasteiger partial charge in [0.2, 0.25) is 0 Å². The molecule has 1 heterocycles. The molecule has 0 aliphatic carbocycles. The molecule has 0 radical (unpaired) electrons. The summed E-state index contributed by atoms with van der Waals surface area (Å²) in [6.07, 6.45) is 0. The molecule has 4 heteroatoms. The Morgan fingerprint density at radius 2 is 2.15 bits per heavy atom. The summed E-state index contributed by atoms with van der Waals surface area (Å²) in [6, 6.07) is 12.4. The highest BCUT2D eigenvalue weighted by Crippen LogP contribution is 2.34. The minimum absolute atomic E-state index is 0.0456. The summed E-state index contributed by atoms with van der Waals surface area (Å²) in [5, 5.41) is 12.3. The SMILES string of the molecule is Cc1cc(C2COc3ccc(C#N)cc3N2)ccc1F. The van der Waals surface area contributed by atoms with Crippen LogP contribution in [-0.2, 0) is 0 Å². The van der Waals surface area contributed by atoms with E-state index in [0.717, 1.165) is 17.0 Å². The van der Waals surface area contributed by atoms with E-state index in [9.17, 15) is 4.39 Å². The van der Waals surface area contributed by atoms with Gasteiger partial charge in [-0.1, -0.05) is 12.1 Å². The molecule has 20 heavy (non-hydrogen) atoms. The third-order valence-electron chi connectivity index (χ3n) is 3.43. The molecule has 0 amide bonds. The van der Waals surface area contributed by atoms with Crippen molar-refractivity contribution in [3.8, 4) is 11.8 Å². The zero-order chi connectivity index (χ0) is 14.1. The number of anilines is 1. The minimum atomic E-state index is -0.211. The Balaban J connectivity index is 1.91. The summed E-state index contributed by atoms with van der Waals surface area (Å²) in [5.74, 6) is 0.525. The second-order valence-corrected chi connectivity index (χ2v) is 4.84. The number of hydrogen-bond acceptors (Lipinski definition) is 3. The fourth-order valence-corrected chi connectivity index (χ4v) is 2.30. The summed E-state index contributed by atoms with van der Waals surface area (Å²) in [6.45, 7) is 2.22. The van der Waals surface area contributed by atoms with E-state index in [1.807, 2.05) is 6.07 Å². The van der Waals surface area contributed by atoms with Gasteiger partial charge in [0, 0.05) is 0 Å². The number of fused-ring (bicyclic) bond motifs is 1. The predicted octanol–water partition coefficient (Wildman–Crippen LogP) is 3.55. The molecule has 0 aromatic heterocycles. The van der Waals surface area contributed by atoms with Gasteiger partial charge in [-0.05, 0) is 42.3 Å². The molecular weight excluding hydrogens is 255 g/mol. The first kappa shape index (κ1) is 12.5. The number of nitrogens with zero attached hydrogens (tertiary/aromatic N) is 1. The highest BCUT2D eigenvalue weighted by atomic mass is 19.1. The number of benzene rings is 2. The quantitative estimate of drug-likeness (QED) is 0.860. The van der Waals surface area contributed by atoms with E-state index < -0.39 is 0 Å². The maximum Gasteiger partial charge on any atom is 0.142 e. The Bertz CT molecular complexity index is 706. The van der Waals surface area contributed by atoms with E-state index in [0.29, 0.717) is 17.7 Å². The van der Waals surface area contributed by atoms with Crippen LogP contribution in [0.1, 0.15) is 22.7 Å². The van der Waals surface area contributed by atoms with E-state index in [1.165, 1.54) is 6.07 Å². The molecule has 1 N–H and O–H groups in total. The Labute approximate surface area is 116 Å². The average molecular weight is 268 g/mol. The number of aryl methyl sites for hydroxylation is 1. The van der Waals surface area contributed by atoms with Gasteiger partial charge in [-0.3, -0.25) is 0 Å². The first-order valence-corrected chi connectivity index (χ1v) is 6.37. The van der Waals surface area contributed by atoms with Crippen molar-refractivity contribution in [2.45, 2.75) is 13.0 Å². The summed E-state index contributed by atoms with van der Waals surface area (Å²) >= 11 is 0. The smallest absolute Gasteiger partial charge is 0.142 e. The third kappa shape index (κ3) is 2.19. The number of nitrogens with one attached hydrogen (secondary N) is 1. The first-order chi connectivity index (χ1) is 9.67. The summed E-state index contributed by atoms with van der Waals surface area (Å²) in [4.78, 5) is 0. The van der Waals surface area contributed by atoms with E-state index >= 15 is 0 Å². The highest BCUT2D eigenvalue weighted by molar-refractivity contribution is 5.62. The molecule has 1 atom stereocenters. The third-order valence-corrected chi connectivity index (χ3v) is 3.43. The fraction of sp³-hybridized carbons (Fsp3) is 0.188. The van der Waals surface area contributed by atoms with E-state index in [-0.39, 0.29) is 11.9 Å². The van der Waals surface area contributed by atoms with Crippen LogP contribution < -0.4 is 10.1 Å². The lowest BCUT2D eigenvalue weighted by Gasteiger charge is -2.28. The van der Waals surface area contributed by atoms with Crippen molar-refractivity contribution < 1.29 is 9.13 Å². The van der Waals surface area contributed by atoms with Crippen LogP contribution in [0.15, 0.2) is 36.4 Å². The maximum absolute atomic E-state index is 13.3. The normalized spacial score (nSPS) is 16.6. The summed E-state index contributed by atoms with van der Waals surface area (Å²) in [5.41, 5.74) is 2.95. The van der Waals surface area contributed by atoms with Crippen LogP contribution >= 0.6 is 0 Å². The van der Waals surface area contributed by atoms with Crippen LogP contribution in [0.3, 0.4) is 0 Å². The van der Waals surface area contributed by atoms with Crippen molar-refractivity contribution in [1.82, 2.24) is 0 Å². The van der Waals surface area contributed by atoms with Gasteiger partial charge >= 0.3 is 0 Å². The topological polar surface area (TPSA) is 45.0 Å². The van der Waals surface area contributed by atoms with Gasteiger partial charge in [0.1, 0.15) is 18.2 Å². The second-order valence-electron chi connectivity index (χ2n) is 4.84. The van der Waals surface area contributed by atoms with Crippen LogP contribution in [0.2, 0.25) is 0 Å². The molecule has 1 unspecified atom stereocenters. The largest absolute Gasteiger partial charge is 0.489 e. The number of halogens is 1. The van der Waals surface area contributed by atoms with Crippen LogP contribution in [0.4, 0.5) is 10.1 Å². The van der Waals surface area contributed by atoms with Crippen molar-refractivity contribution >= 4 is 5.69 Å². The molecule has 100 valence electrons. The van der Waals surface area contributed by atoms with Gasteiger partial charge in [-0.25, -0.2) is 4.39 Å². The van der Waals surface area contributed by atoms with Gasteiger partial charge in [-0.15, -0.1) is 0 Å². The predicted molar refractivity (Wildman–Crippen MR) is 74.2 cm³/mol. The van der Waals surface area contributed by atoms with Gasteiger partial charge in [0.15, 0.2) is 0 Å². The molecular formula is C16H13FN2O. The lowest BCUT2D eigenvalue weighted by Crippen LogP contribution is -2.24. The molecule has 3 rings (SSSR count). The molecule has 0 fully saturated rings. The lowest BCUT2D eigenvalue weighted by atomic mass is 10.0. The van der Waals surface area contributed by atoms with Gasteiger partial charge in [-0.2, -0.15) is 5.26 Å². The molecule has 0 saturated carbocycles. The van der Waals surface area contributed by atoms with Crippen LogP contribution in [0.5, 0.6) is 5.75 Å².